The zero-order chi connectivity index (χ0) is 11.4. The number of aromatic nitrogens is 2. The molecule has 1 aromatic heterocycles. The minimum Gasteiger partial charge on any atom is -0.356 e. The Hall–Kier alpha value is -0.350. The molecule has 0 aliphatic carbocycles. The predicted molar refractivity (Wildman–Crippen MR) is 67.5 cm³/mol. The van der Waals surface area contributed by atoms with Crippen LogP contribution in [0.4, 0.5) is 5.82 Å². The molecule has 0 amide bonds. The van der Waals surface area contributed by atoms with Crippen LogP contribution in [0.15, 0.2) is 10.7 Å². The molecular formula is C10H15BrClN3. The van der Waals surface area contributed by atoms with Crippen molar-refractivity contribution in [3.8, 4) is 0 Å². The number of rotatable bonds is 4. The minimum absolute atomic E-state index is 0.283. The monoisotopic (exact) mass is 291 g/mol. The van der Waals surface area contributed by atoms with Crippen LogP contribution in [0.1, 0.15) is 26.7 Å². The molecule has 84 valence electrons. The molecule has 0 aliphatic rings. The van der Waals surface area contributed by atoms with Crippen molar-refractivity contribution in [3.63, 3.8) is 0 Å². The summed E-state index contributed by atoms with van der Waals surface area (Å²) in [6.45, 7) is 4.34. The minimum atomic E-state index is 0.283. The first kappa shape index (κ1) is 12.7. The Kier molecular flexibility index (Phi) is 4.80. The van der Waals surface area contributed by atoms with Crippen molar-refractivity contribution in [1.82, 2.24) is 9.97 Å². The molecule has 0 aromatic carbocycles. The molecule has 1 heterocycles. The van der Waals surface area contributed by atoms with Gasteiger partial charge in [-0.05, 0) is 40.4 Å². The van der Waals surface area contributed by atoms with Gasteiger partial charge in [-0.25, -0.2) is 4.98 Å². The van der Waals surface area contributed by atoms with Gasteiger partial charge in [-0.2, -0.15) is 4.98 Å². The van der Waals surface area contributed by atoms with E-state index < -0.39 is 0 Å². The summed E-state index contributed by atoms with van der Waals surface area (Å²) in [7, 11) is 2.03. The van der Waals surface area contributed by atoms with Crippen LogP contribution in [0.2, 0.25) is 5.28 Å². The maximum Gasteiger partial charge on any atom is 0.224 e. The quantitative estimate of drug-likeness (QED) is 0.795. The maximum atomic E-state index is 5.78. The number of halogens is 2. The zero-order valence-corrected chi connectivity index (χ0v) is 11.5. The summed E-state index contributed by atoms with van der Waals surface area (Å²) >= 11 is 9.21. The highest BCUT2D eigenvalue weighted by Gasteiger charge is 2.15. The molecule has 0 spiro atoms. The summed E-state index contributed by atoms with van der Waals surface area (Å²) in [5.41, 5.74) is 0. The van der Waals surface area contributed by atoms with E-state index in [2.05, 4.69) is 44.6 Å². The first-order valence-electron chi connectivity index (χ1n) is 5.01. The Morgan fingerprint density at radius 3 is 2.60 bits per heavy atom. The lowest BCUT2D eigenvalue weighted by atomic mass is 10.1. The van der Waals surface area contributed by atoms with Gasteiger partial charge < -0.3 is 4.90 Å². The molecule has 0 fully saturated rings. The fraction of sp³-hybridized carbons (Fsp3) is 0.600. The number of hydrogen-bond acceptors (Lipinski definition) is 3. The van der Waals surface area contributed by atoms with Gasteiger partial charge in [0.05, 0.1) is 4.47 Å². The van der Waals surface area contributed by atoms with Gasteiger partial charge in [-0.15, -0.1) is 0 Å². The van der Waals surface area contributed by atoms with E-state index in [9.17, 15) is 0 Å². The summed E-state index contributed by atoms with van der Waals surface area (Å²) in [6, 6.07) is 0.479. The van der Waals surface area contributed by atoms with E-state index in [-0.39, 0.29) is 5.28 Å². The number of hydrogen-bond donors (Lipinski definition) is 0. The second-order valence-corrected chi connectivity index (χ2v) is 4.58. The third kappa shape index (κ3) is 3.05. The molecule has 0 radical (unpaired) electrons. The van der Waals surface area contributed by atoms with Gasteiger partial charge in [-0.3, -0.25) is 0 Å². The van der Waals surface area contributed by atoms with E-state index in [1.807, 2.05) is 7.05 Å². The average molecular weight is 293 g/mol. The maximum absolute atomic E-state index is 5.78. The van der Waals surface area contributed by atoms with Crippen LogP contribution >= 0.6 is 27.5 Å². The summed E-state index contributed by atoms with van der Waals surface area (Å²) in [5.74, 6) is 0.851. The van der Waals surface area contributed by atoms with Crippen LogP contribution in [0, 0.1) is 0 Å². The van der Waals surface area contributed by atoms with Crippen LogP contribution in [0.25, 0.3) is 0 Å². The van der Waals surface area contributed by atoms with Gasteiger partial charge in [-0.1, -0.05) is 13.8 Å². The highest BCUT2D eigenvalue weighted by molar-refractivity contribution is 9.10. The van der Waals surface area contributed by atoms with Crippen molar-refractivity contribution >= 4 is 33.3 Å². The van der Waals surface area contributed by atoms with E-state index in [0.29, 0.717) is 6.04 Å². The molecule has 15 heavy (non-hydrogen) atoms. The molecule has 0 N–H and O–H groups in total. The van der Waals surface area contributed by atoms with Gasteiger partial charge in [0.2, 0.25) is 5.28 Å². The van der Waals surface area contributed by atoms with Crippen molar-refractivity contribution in [2.75, 3.05) is 11.9 Å². The van der Waals surface area contributed by atoms with Crippen molar-refractivity contribution in [2.45, 2.75) is 32.7 Å². The van der Waals surface area contributed by atoms with Gasteiger partial charge in [0.25, 0.3) is 0 Å². The van der Waals surface area contributed by atoms with E-state index in [0.717, 1.165) is 23.1 Å². The molecule has 5 heteroatoms. The number of nitrogens with zero attached hydrogens (tertiary/aromatic N) is 3. The van der Waals surface area contributed by atoms with Crippen molar-refractivity contribution < 1.29 is 0 Å². The van der Waals surface area contributed by atoms with Crippen molar-refractivity contribution in [2.24, 2.45) is 0 Å². The van der Waals surface area contributed by atoms with Gasteiger partial charge >= 0.3 is 0 Å². The molecule has 0 bridgehead atoms. The van der Waals surface area contributed by atoms with Gasteiger partial charge in [0.1, 0.15) is 5.82 Å². The van der Waals surface area contributed by atoms with Crippen LogP contribution in [0.3, 0.4) is 0 Å². The lowest BCUT2D eigenvalue weighted by molar-refractivity contribution is 0.585. The summed E-state index contributed by atoms with van der Waals surface area (Å²) in [5, 5.41) is 0.283. The fourth-order valence-corrected chi connectivity index (χ4v) is 2.19. The Bertz CT molecular complexity index is 328. The molecular weight excluding hydrogens is 277 g/mol. The van der Waals surface area contributed by atoms with Crippen LogP contribution < -0.4 is 4.90 Å². The zero-order valence-electron chi connectivity index (χ0n) is 9.17. The van der Waals surface area contributed by atoms with Crippen LogP contribution in [-0.4, -0.2) is 23.1 Å². The normalized spacial score (nSPS) is 10.8. The second-order valence-electron chi connectivity index (χ2n) is 3.39. The van der Waals surface area contributed by atoms with Crippen LogP contribution in [-0.2, 0) is 0 Å². The first-order chi connectivity index (χ1) is 7.10. The molecule has 0 aliphatic heterocycles. The SMILES string of the molecule is CCC(CC)N(C)c1nc(Cl)ncc1Br. The fourth-order valence-electron chi connectivity index (χ4n) is 1.59. The molecule has 0 unspecified atom stereocenters. The standard InChI is InChI=1S/C10H15BrClN3/c1-4-7(5-2)15(3)9-8(11)6-13-10(12)14-9/h6-7H,4-5H2,1-3H3. The van der Waals surface area contributed by atoms with Crippen molar-refractivity contribution in [3.05, 3.63) is 16.0 Å². The Morgan fingerprint density at radius 1 is 1.47 bits per heavy atom. The summed E-state index contributed by atoms with van der Waals surface area (Å²) < 4.78 is 0.876. The topological polar surface area (TPSA) is 29.0 Å². The lowest BCUT2D eigenvalue weighted by Crippen LogP contribution is -2.31. The van der Waals surface area contributed by atoms with Gasteiger partial charge in [0.15, 0.2) is 0 Å². The first-order valence-corrected chi connectivity index (χ1v) is 6.18. The largest absolute Gasteiger partial charge is 0.356 e. The Morgan fingerprint density at radius 2 is 2.07 bits per heavy atom. The summed E-state index contributed by atoms with van der Waals surface area (Å²) in [6.07, 6.45) is 3.85. The molecule has 0 saturated heterocycles. The molecule has 0 saturated carbocycles. The van der Waals surface area contributed by atoms with E-state index in [4.69, 9.17) is 11.6 Å². The Labute approximate surface area is 104 Å². The van der Waals surface area contributed by atoms with E-state index in [1.165, 1.54) is 0 Å². The van der Waals surface area contributed by atoms with Crippen LogP contribution in [0.5, 0.6) is 0 Å². The second kappa shape index (κ2) is 5.66. The predicted octanol–water partition coefficient (Wildman–Crippen LogP) is 3.52. The molecule has 3 nitrogen and oxygen atoms in total. The highest BCUT2D eigenvalue weighted by atomic mass is 79.9. The third-order valence-corrected chi connectivity index (χ3v) is 3.26. The number of anilines is 1. The van der Waals surface area contributed by atoms with Gasteiger partial charge in [0, 0.05) is 19.3 Å². The molecule has 0 atom stereocenters. The highest BCUT2D eigenvalue weighted by Crippen LogP contribution is 2.26. The lowest BCUT2D eigenvalue weighted by Gasteiger charge is -2.27. The third-order valence-electron chi connectivity index (χ3n) is 2.52. The van der Waals surface area contributed by atoms with E-state index in [1.54, 1.807) is 6.20 Å². The molecule has 1 rings (SSSR count). The van der Waals surface area contributed by atoms with E-state index >= 15 is 0 Å². The summed E-state index contributed by atoms with van der Waals surface area (Å²) in [4.78, 5) is 10.3. The molecule has 1 aromatic rings. The Balaban J connectivity index is 2.98. The van der Waals surface area contributed by atoms with Crippen molar-refractivity contribution in [1.29, 1.82) is 0 Å². The average Bonchev–Trinajstić information content (AvgIpc) is 2.23. The smallest absolute Gasteiger partial charge is 0.224 e.